The van der Waals surface area contributed by atoms with E-state index in [9.17, 15) is 14.9 Å². The summed E-state index contributed by atoms with van der Waals surface area (Å²) in [5, 5.41) is 20.9. The van der Waals surface area contributed by atoms with Gasteiger partial charge in [-0.3, -0.25) is 14.9 Å². The van der Waals surface area contributed by atoms with Gasteiger partial charge in [-0.25, -0.2) is 0 Å². The molecule has 1 rings (SSSR count). The number of hydrogen-bond acceptors (Lipinski definition) is 4. The minimum Gasteiger partial charge on any atom is -0.319 e. The highest BCUT2D eigenvalue weighted by molar-refractivity contribution is 6.32. The summed E-state index contributed by atoms with van der Waals surface area (Å²) in [7, 11) is 0. The molecule has 0 saturated heterocycles. The van der Waals surface area contributed by atoms with Gasteiger partial charge in [0.25, 0.3) is 5.69 Å². The van der Waals surface area contributed by atoms with Gasteiger partial charge in [0.15, 0.2) is 0 Å². The average molecular weight is 254 g/mol. The van der Waals surface area contributed by atoms with Gasteiger partial charge in [-0.15, -0.1) is 11.6 Å². The van der Waals surface area contributed by atoms with Crippen LogP contribution in [0.5, 0.6) is 0 Å². The molecule has 1 unspecified atom stereocenters. The molecule has 1 atom stereocenters. The molecule has 0 saturated carbocycles. The maximum absolute atomic E-state index is 11.3. The molecule has 0 bridgehead atoms. The van der Waals surface area contributed by atoms with E-state index in [2.05, 4.69) is 5.32 Å². The van der Waals surface area contributed by atoms with E-state index in [1.807, 2.05) is 0 Å². The lowest BCUT2D eigenvalue weighted by molar-refractivity contribution is -0.383. The van der Waals surface area contributed by atoms with Gasteiger partial charge in [0.1, 0.15) is 11.1 Å². The number of hydrogen-bond donors (Lipinski definition) is 1. The second-order valence-corrected chi connectivity index (χ2v) is 3.86. The fourth-order valence-corrected chi connectivity index (χ4v) is 1.14. The van der Waals surface area contributed by atoms with Crippen LogP contribution in [-0.2, 0) is 4.79 Å². The molecule has 17 heavy (non-hydrogen) atoms. The number of nitrogens with zero attached hydrogens (tertiary/aromatic N) is 2. The standard InChI is InChI=1S/C10H8ClN3O3/c1-6(11)10(15)13-8-3-2-7(5-12)4-9(8)14(16)17/h2-4,6H,1H3,(H,13,15). The zero-order chi connectivity index (χ0) is 13.0. The summed E-state index contributed by atoms with van der Waals surface area (Å²) in [5.41, 5.74) is -0.171. The molecule has 0 aliphatic carbocycles. The van der Waals surface area contributed by atoms with E-state index in [0.29, 0.717) is 0 Å². The third-order valence-electron chi connectivity index (χ3n) is 1.94. The minimum atomic E-state index is -0.801. The molecule has 0 aromatic heterocycles. The Morgan fingerprint density at radius 3 is 2.76 bits per heavy atom. The topological polar surface area (TPSA) is 96.0 Å². The SMILES string of the molecule is CC(Cl)C(=O)Nc1ccc(C#N)cc1[N+](=O)[O-]. The van der Waals surface area contributed by atoms with Gasteiger partial charge in [0.05, 0.1) is 16.6 Å². The first-order valence-corrected chi connectivity index (χ1v) is 5.03. The maximum atomic E-state index is 11.3. The van der Waals surface area contributed by atoms with Crippen molar-refractivity contribution in [2.24, 2.45) is 0 Å². The summed E-state index contributed by atoms with van der Waals surface area (Å²) in [5.74, 6) is -0.542. The summed E-state index contributed by atoms with van der Waals surface area (Å²) in [4.78, 5) is 21.4. The number of nitro groups is 1. The second kappa shape index (κ2) is 5.27. The van der Waals surface area contributed by atoms with Crippen LogP contribution in [0.1, 0.15) is 12.5 Å². The molecule has 0 radical (unpaired) electrons. The third-order valence-corrected chi connectivity index (χ3v) is 2.14. The van der Waals surface area contributed by atoms with Crippen molar-refractivity contribution in [1.82, 2.24) is 0 Å². The van der Waals surface area contributed by atoms with Crippen LogP contribution in [0.25, 0.3) is 0 Å². The van der Waals surface area contributed by atoms with Gasteiger partial charge in [0.2, 0.25) is 5.91 Å². The van der Waals surface area contributed by atoms with Gasteiger partial charge in [-0.2, -0.15) is 5.26 Å². The molecule has 1 aromatic carbocycles. The monoisotopic (exact) mass is 253 g/mol. The quantitative estimate of drug-likeness (QED) is 0.506. The molecule has 0 fully saturated rings. The Labute approximate surface area is 102 Å². The number of nitro benzene ring substituents is 1. The number of amides is 1. The summed E-state index contributed by atoms with van der Waals surface area (Å²) in [6, 6.07) is 5.55. The largest absolute Gasteiger partial charge is 0.319 e. The Morgan fingerprint density at radius 1 is 1.65 bits per heavy atom. The number of nitriles is 1. The molecule has 88 valence electrons. The molecule has 6 nitrogen and oxygen atoms in total. The van der Waals surface area contributed by atoms with Crippen LogP contribution in [-0.4, -0.2) is 16.2 Å². The van der Waals surface area contributed by atoms with Gasteiger partial charge in [-0.05, 0) is 19.1 Å². The zero-order valence-corrected chi connectivity index (χ0v) is 9.56. The van der Waals surface area contributed by atoms with Gasteiger partial charge in [0, 0.05) is 6.07 Å². The van der Waals surface area contributed by atoms with Crippen molar-refractivity contribution >= 4 is 28.9 Å². The molecule has 0 aliphatic heterocycles. The molecule has 1 aromatic rings. The van der Waals surface area contributed by atoms with E-state index >= 15 is 0 Å². The Balaban J connectivity index is 3.12. The fraction of sp³-hybridized carbons (Fsp3) is 0.200. The lowest BCUT2D eigenvalue weighted by Crippen LogP contribution is -2.20. The molecular weight excluding hydrogens is 246 g/mol. The maximum Gasteiger partial charge on any atom is 0.294 e. The number of carbonyl (C=O) groups excluding carboxylic acids is 1. The number of anilines is 1. The minimum absolute atomic E-state index is 0.0199. The summed E-state index contributed by atoms with van der Waals surface area (Å²) in [6.45, 7) is 1.45. The smallest absolute Gasteiger partial charge is 0.294 e. The molecular formula is C10H8ClN3O3. The molecule has 0 aliphatic rings. The molecule has 7 heteroatoms. The van der Waals surface area contributed by atoms with Crippen molar-refractivity contribution < 1.29 is 9.72 Å². The highest BCUT2D eigenvalue weighted by Gasteiger charge is 2.18. The molecule has 0 heterocycles. The predicted octanol–water partition coefficient (Wildman–Crippen LogP) is 2.03. The number of benzene rings is 1. The van der Waals surface area contributed by atoms with Gasteiger partial charge in [-0.1, -0.05) is 0 Å². The second-order valence-electron chi connectivity index (χ2n) is 3.21. The Bertz CT molecular complexity index is 508. The van der Waals surface area contributed by atoms with Crippen LogP contribution in [0, 0.1) is 21.4 Å². The first-order valence-electron chi connectivity index (χ1n) is 4.59. The van der Waals surface area contributed by atoms with Crippen LogP contribution in [0.4, 0.5) is 11.4 Å². The highest BCUT2D eigenvalue weighted by atomic mass is 35.5. The summed E-state index contributed by atoms with van der Waals surface area (Å²) >= 11 is 5.53. The number of rotatable bonds is 3. The van der Waals surface area contributed by atoms with Crippen LogP contribution >= 0.6 is 11.6 Å². The van der Waals surface area contributed by atoms with Gasteiger partial charge >= 0.3 is 0 Å². The van der Waals surface area contributed by atoms with E-state index in [-0.39, 0.29) is 16.9 Å². The van der Waals surface area contributed by atoms with Crippen LogP contribution < -0.4 is 5.32 Å². The van der Waals surface area contributed by atoms with Crippen molar-refractivity contribution in [3.8, 4) is 6.07 Å². The van der Waals surface area contributed by atoms with Crippen LogP contribution in [0.3, 0.4) is 0 Å². The lowest BCUT2D eigenvalue weighted by atomic mass is 10.2. The molecule has 1 N–H and O–H groups in total. The number of carbonyl (C=O) groups is 1. The summed E-state index contributed by atoms with van der Waals surface area (Å²) < 4.78 is 0. The van der Waals surface area contributed by atoms with Gasteiger partial charge < -0.3 is 5.32 Å². The third kappa shape index (κ3) is 3.16. The van der Waals surface area contributed by atoms with E-state index in [4.69, 9.17) is 16.9 Å². The number of nitrogens with one attached hydrogen (secondary N) is 1. The molecule has 1 amide bonds. The lowest BCUT2D eigenvalue weighted by Gasteiger charge is -2.06. The average Bonchev–Trinajstić information content (AvgIpc) is 2.29. The van der Waals surface area contributed by atoms with Crippen molar-refractivity contribution in [2.45, 2.75) is 12.3 Å². The normalized spacial score (nSPS) is 11.4. The highest BCUT2D eigenvalue weighted by Crippen LogP contribution is 2.25. The van der Waals surface area contributed by atoms with Crippen molar-refractivity contribution in [1.29, 1.82) is 5.26 Å². The van der Waals surface area contributed by atoms with Crippen molar-refractivity contribution in [3.63, 3.8) is 0 Å². The number of alkyl halides is 1. The Kier molecular flexibility index (Phi) is 4.01. The fourth-order valence-electron chi connectivity index (χ4n) is 1.09. The predicted molar refractivity (Wildman–Crippen MR) is 61.8 cm³/mol. The Hall–Kier alpha value is -2.13. The van der Waals surface area contributed by atoms with E-state index in [0.717, 1.165) is 6.07 Å². The molecule has 0 spiro atoms. The zero-order valence-electron chi connectivity index (χ0n) is 8.81. The summed E-state index contributed by atoms with van der Waals surface area (Å²) in [6.07, 6.45) is 0. The van der Waals surface area contributed by atoms with E-state index in [1.165, 1.54) is 19.1 Å². The first kappa shape index (κ1) is 12.9. The van der Waals surface area contributed by atoms with E-state index < -0.39 is 16.2 Å². The first-order chi connectivity index (χ1) is 7.95. The van der Waals surface area contributed by atoms with Crippen LogP contribution in [0.15, 0.2) is 18.2 Å². The van der Waals surface area contributed by atoms with Crippen molar-refractivity contribution in [3.05, 3.63) is 33.9 Å². The van der Waals surface area contributed by atoms with Crippen molar-refractivity contribution in [2.75, 3.05) is 5.32 Å². The Morgan fingerprint density at radius 2 is 2.29 bits per heavy atom. The van der Waals surface area contributed by atoms with E-state index in [1.54, 1.807) is 6.07 Å². The van der Waals surface area contributed by atoms with Crippen LogP contribution in [0.2, 0.25) is 0 Å². The number of halogens is 1.